The molecule has 2 N–H and O–H groups in total. The van der Waals surface area contributed by atoms with Crippen LogP contribution in [0.15, 0.2) is 0 Å². The summed E-state index contributed by atoms with van der Waals surface area (Å²) in [5, 5.41) is 6.51. The molecule has 0 aliphatic heterocycles. The lowest BCUT2D eigenvalue weighted by atomic mass is 9.97. The second kappa shape index (κ2) is 9.37. The molecule has 0 saturated heterocycles. The van der Waals surface area contributed by atoms with Gasteiger partial charge in [0.25, 0.3) is 0 Å². The van der Waals surface area contributed by atoms with Crippen LogP contribution in [-0.4, -0.2) is 24.5 Å². The van der Waals surface area contributed by atoms with Crippen LogP contribution in [0.3, 0.4) is 0 Å². The first-order valence-corrected chi connectivity index (χ1v) is 7.79. The maximum atomic E-state index is 11.8. The van der Waals surface area contributed by atoms with Gasteiger partial charge in [0.2, 0.25) is 5.91 Å². The highest BCUT2D eigenvalue weighted by molar-refractivity contribution is 5.78. The summed E-state index contributed by atoms with van der Waals surface area (Å²) >= 11 is 0. The summed E-state index contributed by atoms with van der Waals surface area (Å²) in [5.41, 5.74) is 0. The second-order valence-corrected chi connectivity index (χ2v) is 5.50. The minimum atomic E-state index is 0.158. The summed E-state index contributed by atoms with van der Waals surface area (Å²) in [7, 11) is 0. The highest BCUT2D eigenvalue weighted by atomic mass is 16.1. The van der Waals surface area contributed by atoms with Gasteiger partial charge in [0, 0.05) is 12.1 Å². The van der Waals surface area contributed by atoms with Gasteiger partial charge in [-0.3, -0.25) is 4.79 Å². The standard InChI is InChI=1S/C15H30N2O/c1-3-13(4-2)17-15(18)12-16-14-10-8-6-5-7-9-11-14/h13-14,16H,3-12H2,1-2H3,(H,17,18). The van der Waals surface area contributed by atoms with E-state index in [0.29, 0.717) is 18.6 Å². The molecule has 0 bridgehead atoms. The Morgan fingerprint density at radius 2 is 1.61 bits per heavy atom. The average molecular weight is 254 g/mol. The van der Waals surface area contributed by atoms with E-state index >= 15 is 0 Å². The van der Waals surface area contributed by atoms with Crippen LogP contribution in [0.4, 0.5) is 0 Å². The zero-order chi connectivity index (χ0) is 13.2. The van der Waals surface area contributed by atoms with Crippen LogP contribution in [0.5, 0.6) is 0 Å². The van der Waals surface area contributed by atoms with Crippen molar-refractivity contribution in [2.45, 2.75) is 83.7 Å². The van der Waals surface area contributed by atoms with E-state index in [0.717, 1.165) is 12.8 Å². The Bertz CT molecular complexity index is 219. The number of amides is 1. The molecule has 1 rings (SSSR count). The molecule has 18 heavy (non-hydrogen) atoms. The summed E-state index contributed by atoms with van der Waals surface area (Å²) in [5.74, 6) is 0.158. The zero-order valence-electron chi connectivity index (χ0n) is 12.1. The van der Waals surface area contributed by atoms with Gasteiger partial charge >= 0.3 is 0 Å². The Morgan fingerprint density at radius 1 is 1.06 bits per heavy atom. The molecule has 0 aromatic carbocycles. The molecule has 0 aromatic rings. The normalized spacial score (nSPS) is 18.4. The van der Waals surface area contributed by atoms with Crippen molar-refractivity contribution in [3.63, 3.8) is 0 Å². The van der Waals surface area contributed by atoms with Gasteiger partial charge < -0.3 is 10.6 Å². The van der Waals surface area contributed by atoms with Crippen LogP contribution in [0.25, 0.3) is 0 Å². The lowest BCUT2D eigenvalue weighted by Crippen LogP contribution is -2.43. The number of hydrogen-bond donors (Lipinski definition) is 2. The molecule has 0 heterocycles. The Hall–Kier alpha value is -0.570. The Balaban J connectivity index is 2.19. The van der Waals surface area contributed by atoms with E-state index in [9.17, 15) is 4.79 Å². The first kappa shape index (κ1) is 15.5. The Morgan fingerprint density at radius 3 is 2.17 bits per heavy atom. The molecule has 3 heteroatoms. The topological polar surface area (TPSA) is 41.1 Å². The summed E-state index contributed by atoms with van der Waals surface area (Å²) in [4.78, 5) is 11.8. The highest BCUT2D eigenvalue weighted by Crippen LogP contribution is 2.16. The molecular formula is C15H30N2O. The maximum absolute atomic E-state index is 11.8. The number of hydrogen-bond acceptors (Lipinski definition) is 2. The molecule has 0 atom stereocenters. The molecule has 1 fully saturated rings. The summed E-state index contributed by atoms with van der Waals surface area (Å²) in [6, 6.07) is 0.898. The molecule has 0 radical (unpaired) electrons. The molecule has 1 saturated carbocycles. The van der Waals surface area contributed by atoms with Crippen molar-refractivity contribution < 1.29 is 4.79 Å². The van der Waals surface area contributed by atoms with Gasteiger partial charge in [-0.2, -0.15) is 0 Å². The minimum absolute atomic E-state index is 0.158. The number of rotatable bonds is 6. The highest BCUT2D eigenvalue weighted by Gasteiger charge is 2.13. The van der Waals surface area contributed by atoms with Crippen LogP contribution in [-0.2, 0) is 4.79 Å². The van der Waals surface area contributed by atoms with Gasteiger partial charge in [0.05, 0.1) is 6.54 Å². The molecule has 0 spiro atoms. The Labute approximate surface area is 112 Å². The monoisotopic (exact) mass is 254 g/mol. The summed E-state index contributed by atoms with van der Waals surface area (Å²) < 4.78 is 0. The Kier molecular flexibility index (Phi) is 8.06. The fourth-order valence-electron chi connectivity index (χ4n) is 2.67. The second-order valence-electron chi connectivity index (χ2n) is 5.50. The lowest BCUT2D eigenvalue weighted by molar-refractivity contribution is -0.121. The predicted molar refractivity (Wildman–Crippen MR) is 76.6 cm³/mol. The predicted octanol–water partition coefficient (Wildman–Crippen LogP) is 2.99. The molecule has 0 aromatic heterocycles. The van der Waals surface area contributed by atoms with Crippen LogP contribution < -0.4 is 10.6 Å². The molecule has 1 aliphatic carbocycles. The van der Waals surface area contributed by atoms with E-state index in [-0.39, 0.29) is 5.91 Å². The third-order valence-electron chi connectivity index (χ3n) is 4.01. The van der Waals surface area contributed by atoms with E-state index < -0.39 is 0 Å². The van der Waals surface area contributed by atoms with Gasteiger partial charge in [0.15, 0.2) is 0 Å². The average Bonchev–Trinajstić information content (AvgIpc) is 2.34. The van der Waals surface area contributed by atoms with E-state index in [4.69, 9.17) is 0 Å². The first-order valence-electron chi connectivity index (χ1n) is 7.79. The van der Waals surface area contributed by atoms with Crippen molar-refractivity contribution in [3.8, 4) is 0 Å². The van der Waals surface area contributed by atoms with Gasteiger partial charge in [-0.1, -0.05) is 46.0 Å². The third-order valence-corrected chi connectivity index (χ3v) is 4.01. The SMILES string of the molecule is CCC(CC)NC(=O)CNC1CCCCCCC1. The largest absolute Gasteiger partial charge is 0.352 e. The van der Waals surface area contributed by atoms with Crippen LogP contribution in [0.2, 0.25) is 0 Å². The van der Waals surface area contributed by atoms with Crippen LogP contribution >= 0.6 is 0 Å². The maximum Gasteiger partial charge on any atom is 0.234 e. The van der Waals surface area contributed by atoms with E-state index in [1.54, 1.807) is 0 Å². The first-order chi connectivity index (χ1) is 8.76. The fourth-order valence-corrected chi connectivity index (χ4v) is 2.67. The van der Waals surface area contributed by atoms with Crippen molar-refractivity contribution in [2.24, 2.45) is 0 Å². The zero-order valence-corrected chi connectivity index (χ0v) is 12.1. The summed E-state index contributed by atoms with van der Waals surface area (Å²) in [6.45, 7) is 4.73. The van der Waals surface area contributed by atoms with Crippen molar-refractivity contribution >= 4 is 5.91 Å². The number of carbonyl (C=O) groups is 1. The molecule has 0 unspecified atom stereocenters. The van der Waals surface area contributed by atoms with Crippen LogP contribution in [0, 0.1) is 0 Å². The summed E-state index contributed by atoms with van der Waals surface area (Å²) in [6.07, 6.45) is 11.2. The molecule has 1 aliphatic rings. The smallest absolute Gasteiger partial charge is 0.234 e. The molecule has 1 amide bonds. The van der Waals surface area contributed by atoms with Crippen molar-refractivity contribution in [1.29, 1.82) is 0 Å². The van der Waals surface area contributed by atoms with Gasteiger partial charge in [-0.05, 0) is 25.7 Å². The van der Waals surface area contributed by atoms with Crippen molar-refractivity contribution in [2.75, 3.05) is 6.54 Å². The van der Waals surface area contributed by atoms with Gasteiger partial charge in [0.1, 0.15) is 0 Å². The fraction of sp³-hybridized carbons (Fsp3) is 0.933. The lowest BCUT2D eigenvalue weighted by Gasteiger charge is -2.21. The van der Waals surface area contributed by atoms with Crippen molar-refractivity contribution in [1.82, 2.24) is 10.6 Å². The number of carbonyl (C=O) groups excluding carboxylic acids is 1. The van der Waals surface area contributed by atoms with E-state index in [1.807, 2.05) is 0 Å². The third kappa shape index (κ3) is 6.39. The molecule has 3 nitrogen and oxygen atoms in total. The van der Waals surface area contributed by atoms with Crippen molar-refractivity contribution in [3.05, 3.63) is 0 Å². The molecule has 106 valence electrons. The van der Waals surface area contributed by atoms with E-state index in [2.05, 4.69) is 24.5 Å². The minimum Gasteiger partial charge on any atom is -0.352 e. The van der Waals surface area contributed by atoms with E-state index in [1.165, 1.54) is 44.9 Å². The number of nitrogens with one attached hydrogen (secondary N) is 2. The van der Waals surface area contributed by atoms with Gasteiger partial charge in [-0.15, -0.1) is 0 Å². The molecular weight excluding hydrogens is 224 g/mol. The van der Waals surface area contributed by atoms with Crippen LogP contribution in [0.1, 0.15) is 71.6 Å². The van der Waals surface area contributed by atoms with Gasteiger partial charge in [-0.25, -0.2) is 0 Å². The quantitative estimate of drug-likeness (QED) is 0.765.